The van der Waals surface area contributed by atoms with Crippen LogP contribution >= 0.6 is 34.5 Å². The normalized spacial score (nSPS) is 18.3. The fourth-order valence-electron chi connectivity index (χ4n) is 4.39. The monoisotopic (exact) mass is 528 g/mol. The van der Waals surface area contributed by atoms with Crippen LogP contribution in [0, 0.1) is 0 Å². The molecule has 9 heteroatoms. The molecule has 3 rings (SSSR count). The molecule has 0 bridgehead atoms. The standard InChI is InChI=1S/C25H34Cl2N2O4S/c1-2-23(25-18(9-11-34-25)6-8-24(31)32)33-15-20(30)14-28-16-29-10-3-4-19(29)12-17-5-7-21(26)22(27)13-17/h5,7,9,11,13,19-20,23,28,30H,2-4,6,8,10,12,14-16H2,1H3,(H,31,32)/t19-,20+,23?/m0/s1. The number of likely N-dealkylation sites (tertiary alicyclic amines) is 1. The van der Waals surface area contributed by atoms with Gasteiger partial charge in [-0.15, -0.1) is 11.3 Å². The third kappa shape index (κ3) is 8.19. The molecule has 1 aliphatic heterocycles. The molecule has 0 amide bonds. The van der Waals surface area contributed by atoms with E-state index in [9.17, 15) is 9.90 Å². The number of aliphatic hydroxyl groups excluding tert-OH is 1. The van der Waals surface area contributed by atoms with Crippen LogP contribution in [0.2, 0.25) is 10.0 Å². The minimum atomic E-state index is -0.801. The maximum atomic E-state index is 10.9. The molecule has 0 saturated carbocycles. The maximum absolute atomic E-state index is 10.9. The molecule has 6 nitrogen and oxygen atoms in total. The van der Waals surface area contributed by atoms with Gasteiger partial charge in [0.15, 0.2) is 0 Å². The van der Waals surface area contributed by atoms with Gasteiger partial charge in [0, 0.05) is 30.6 Å². The molecule has 2 aromatic rings. The second-order valence-corrected chi connectivity index (χ2v) is 10.5. The van der Waals surface area contributed by atoms with E-state index in [1.165, 1.54) is 5.56 Å². The predicted octanol–water partition coefficient (Wildman–Crippen LogP) is 5.15. The summed E-state index contributed by atoms with van der Waals surface area (Å²) in [4.78, 5) is 14.4. The van der Waals surface area contributed by atoms with E-state index >= 15 is 0 Å². The lowest BCUT2D eigenvalue weighted by Gasteiger charge is -2.26. The summed E-state index contributed by atoms with van der Waals surface area (Å²) in [6.45, 7) is 4.46. The van der Waals surface area contributed by atoms with Crippen LogP contribution in [0.5, 0.6) is 0 Å². The van der Waals surface area contributed by atoms with Gasteiger partial charge in [0.05, 0.1) is 28.9 Å². The highest BCUT2D eigenvalue weighted by Gasteiger charge is 2.25. The van der Waals surface area contributed by atoms with Crippen LogP contribution in [0.25, 0.3) is 0 Å². The topological polar surface area (TPSA) is 82.0 Å². The van der Waals surface area contributed by atoms with E-state index in [-0.39, 0.29) is 19.1 Å². The Bertz CT molecular complexity index is 926. The first-order valence-electron chi connectivity index (χ1n) is 11.8. The van der Waals surface area contributed by atoms with Gasteiger partial charge in [-0.05, 0) is 73.4 Å². The summed E-state index contributed by atoms with van der Waals surface area (Å²) in [7, 11) is 0. The molecule has 1 aliphatic rings. The molecule has 188 valence electrons. The summed E-state index contributed by atoms with van der Waals surface area (Å²) < 4.78 is 6.02. The molecule has 0 spiro atoms. The molecule has 1 fully saturated rings. The molecule has 0 aliphatic carbocycles. The number of carboxylic acid groups (broad SMARTS) is 1. The van der Waals surface area contributed by atoms with Gasteiger partial charge < -0.3 is 20.3 Å². The zero-order valence-corrected chi connectivity index (χ0v) is 21.8. The van der Waals surface area contributed by atoms with Crippen molar-refractivity contribution in [2.75, 3.05) is 26.4 Å². The second-order valence-electron chi connectivity index (χ2n) is 8.76. The largest absolute Gasteiger partial charge is 0.481 e. The minimum absolute atomic E-state index is 0.106. The van der Waals surface area contributed by atoms with E-state index in [0.717, 1.165) is 42.7 Å². The number of aryl methyl sites for hydroxylation is 1. The molecule has 2 heterocycles. The fraction of sp³-hybridized carbons (Fsp3) is 0.560. The Morgan fingerprint density at radius 3 is 2.88 bits per heavy atom. The number of ether oxygens (including phenoxy) is 1. The van der Waals surface area contributed by atoms with Crippen molar-refractivity contribution in [2.45, 2.75) is 63.7 Å². The summed E-state index contributed by atoms with van der Waals surface area (Å²) in [6.07, 6.45) is 3.84. The fourth-order valence-corrected chi connectivity index (χ4v) is 5.80. The van der Waals surface area contributed by atoms with E-state index in [2.05, 4.69) is 10.2 Å². The summed E-state index contributed by atoms with van der Waals surface area (Å²) >= 11 is 13.8. The van der Waals surface area contributed by atoms with Crippen LogP contribution < -0.4 is 5.32 Å². The van der Waals surface area contributed by atoms with Crippen LogP contribution in [0.1, 0.15) is 54.7 Å². The Labute approximate surface area is 215 Å². The quantitative estimate of drug-likeness (QED) is 0.314. The number of halogens is 2. The third-order valence-electron chi connectivity index (χ3n) is 6.19. The Balaban J connectivity index is 1.41. The average Bonchev–Trinajstić information content (AvgIpc) is 3.45. The smallest absolute Gasteiger partial charge is 0.303 e. The van der Waals surface area contributed by atoms with Crippen molar-refractivity contribution in [1.29, 1.82) is 0 Å². The molecule has 1 aromatic carbocycles. The Hall–Kier alpha value is -1.19. The predicted molar refractivity (Wildman–Crippen MR) is 138 cm³/mol. The number of carbonyl (C=O) groups is 1. The van der Waals surface area contributed by atoms with Gasteiger partial charge in [0.1, 0.15) is 0 Å². The van der Waals surface area contributed by atoms with Crippen molar-refractivity contribution in [2.24, 2.45) is 0 Å². The highest BCUT2D eigenvalue weighted by molar-refractivity contribution is 7.10. The number of carboxylic acids is 1. The van der Waals surface area contributed by atoms with Crippen LogP contribution in [0.4, 0.5) is 0 Å². The van der Waals surface area contributed by atoms with Crippen LogP contribution in [-0.2, 0) is 22.4 Å². The summed E-state index contributed by atoms with van der Waals surface area (Å²) in [6, 6.07) is 8.23. The van der Waals surface area contributed by atoms with E-state index in [4.69, 9.17) is 33.0 Å². The number of rotatable bonds is 14. The second kappa shape index (κ2) is 13.8. The molecule has 1 saturated heterocycles. The Kier molecular flexibility index (Phi) is 11.1. The van der Waals surface area contributed by atoms with Crippen LogP contribution in [0.15, 0.2) is 29.6 Å². The number of nitrogens with one attached hydrogen (secondary N) is 1. The maximum Gasteiger partial charge on any atom is 0.303 e. The zero-order chi connectivity index (χ0) is 24.5. The molecular weight excluding hydrogens is 495 g/mol. The molecule has 0 radical (unpaired) electrons. The third-order valence-corrected chi connectivity index (χ3v) is 7.98. The molecule has 3 atom stereocenters. The molecule has 1 aromatic heterocycles. The van der Waals surface area contributed by atoms with Crippen molar-refractivity contribution >= 4 is 40.5 Å². The summed E-state index contributed by atoms with van der Waals surface area (Å²) in [5.74, 6) is -0.801. The molecule has 1 unspecified atom stereocenters. The van der Waals surface area contributed by atoms with Gasteiger partial charge >= 0.3 is 5.97 Å². The Morgan fingerprint density at radius 1 is 1.32 bits per heavy atom. The van der Waals surface area contributed by atoms with Crippen molar-refractivity contribution in [3.05, 3.63) is 55.7 Å². The van der Waals surface area contributed by atoms with E-state index in [1.54, 1.807) is 11.3 Å². The highest BCUT2D eigenvalue weighted by Crippen LogP contribution is 2.31. The number of hydrogen-bond donors (Lipinski definition) is 3. The van der Waals surface area contributed by atoms with Gasteiger partial charge in [-0.2, -0.15) is 0 Å². The van der Waals surface area contributed by atoms with Crippen molar-refractivity contribution < 1.29 is 19.7 Å². The average molecular weight is 530 g/mol. The minimum Gasteiger partial charge on any atom is -0.481 e. The lowest BCUT2D eigenvalue weighted by Crippen LogP contribution is -2.42. The highest BCUT2D eigenvalue weighted by atomic mass is 35.5. The number of benzene rings is 1. The first-order valence-corrected chi connectivity index (χ1v) is 13.5. The zero-order valence-electron chi connectivity index (χ0n) is 19.5. The number of hydrogen-bond acceptors (Lipinski definition) is 6. The Morgan fingerprint density at radius 2 is 2.15 bits per heavy atom. The van der Waals surface area contributed by atoms with Gasteiger partial charge in [0.2, 0.25) is 0 Å². The molecule has 3 N–H and O–H groups in total. The van der Waals surface area contributed by atoms with Gasteiger partial charge in [-0.1, -0.05) is 36.2 Å². The van der Waals surface area contributed by atoms with Crippen molar-refractivity contribution in [3.8, 4) is 0 Å². The number of aliphatic carboxylic acids is 1. The first-order chi connectivity index (χ1) is 16.4. The number of aliphatic hydroxyl groups is 1. The van der Waals surface area contributed by atoms with Gasteiger partial charge in [0.25, 0.3) is 0 Å². The first kappa shape index (κ1) is 27.4. The van der Waals surface area contributed by atoms with Gasteiger partial charge in [-0.3, -0.25) is 9.69 Å². The van der Waals surface area contributed by atoms with Crippen molar-refractivity contribution in [3.63, 3.8) is 0 Å². The lowest BCUT2D eigenvalue weighted by atomic mass is 10.0. The molecular formula is C25H34Cl2N2O4S. The summed E-state index contributed by atoms with van der Waals surface area (Å²) in [5.41, 5.74) is 2.20. The molecule has 34 heavy (non-hydrogen) atoms. The SMILES string of the molecule is CCC(OC[C@H](O)CNCN1CCC[C@H]1Cc1ccc(Cl)c(Cl)c1)c1sccc1CCC(=O)O. The summed E-state index contributed by atoms with van der Waals surface area (Å²) in [5, 5.41) is 25.9. The van der Waals surface area contributed by atoms with Crippen LogP contribution in [0.3, 0.4) is 0 Å². The van der Waals surface area contributed by atoms with Crippen LogP contribution in [-0.4, -0.2) is 59.6 Å². The number of nitrogens with zero attached hydrogens (tertiary/aromatic N) is 1. The van der Waals surface area contributed by atoms with Gasteiger partial charge in [-0.25, -0.2) is 0 Å². The van der Waals surface area contributed by atoms with E-state index in [1.807, 2.05) is 36.6 Å². The number of thiophene rings is 1. The van der Waals surface area contributed by atoms with E-state index < -0.39 is 12.1 Å². The van der Waals surface area contributed by atoms with Crippen molar-refractivity contribution in [1.82, 2.24) is 10.2 Å². The lowest BCUT2D eigenvalue weighted by molar-refractivity contribution is -0.136. The van der Waals surface area contributed by atoms with E-state index in [0.29, 0.717) is 35.7 Å².